The van der Waals surface area contributed by atoms with Crippen molar-refractivity contribution in [1.82, 2.24) is 15.3 Å². The van der Waals surface area contributed by atoms with Gasteiger partial charge in [-0.15, -0.1) is 0 Å². The van der Waals surface area contributed by atoms with Gasteiger partial charge in [-0.2, -0.15) is 0 Å². The van der Waals surface area contributed by atoms with Crippen molar-refractivity contribution in [2.45, 2.75) is 25.8 Å². The van der Waals surface area contributed by atoms with Crippen molar-refractivity contribution < 1.29 is 9.53 Å². The molecule has 6 heteroatoms. The molecule has 0 spiro atoms. The number of carbonyl (C=O) groups excluding carboxylic acids is 1. The second kappa shape index (κ2) is 8.95. The Labute approximate surface area is 176 Å². The Bertz CT molecular complexity index is 1020. The number of hydrogen-bond donors (Lipinski definition) is 1. The quantitative estimate of drug-likeness (QED) is 0.681. The van der Waals surface area contributed by atoms with Crippen molar-refractivity contribution >= 4 is 11.6 Å². The molecule has 1 amide bonds. The zero-order valence-electron chi connectivity index (χ0n) is 17.3. The third-order valence-corrected chi connectivity index (χ3v) is 5.50. The minimum absolute atomic E-state index is 0.167. The number of carbonyl (C=O) groups is 1. The van der Waals surface area contributed by atoms with Gasteiger partial charge in [-0.05, 0) is 43.2 Å². The SMILES string of the molecule is COc1cccc(CNC(=O)c2cnc([C@H]3CCN(c4ccccc4)C3)nc2C)c1. The summed E-state index contributed by atoms with van der Waals surface area (Å²) in [4.78, 5) is 24.2. The summed E-state index contributed by atoms with van der Waals surface area (Å²) in [6.45, 7) is 4.17. The van der Waals surface area contributed by atoms with E-state index in [0.29, 0.717) is 17.8 Å². The van der Waals surface area contributed by atoms with Crippen molar-refractivity contribution in [3.8, 4) is 5.75 Å². The Hall–Kier alpha value is -3.41. The molecule has 1 saturated heterocycles. The molecule has 1 aliphatic heterocycles. The number of ether oxygens (including phenoxy) is 1. The topological polar surface area (TPSA) is 67.3 Å². The highest BCUT2D eigenvalue weighted by Gasteiger charge is 2.27. The van der Waals surface area contributed by atoms with Gasteiger partial charge in [0.15, 0.2) is 0 Å². The average Bonchev–Trinajstić information content (AvgIpc) is 3.28. The highest BCUT2D eigenvalue weighted by atomic mass is 16.5. The summed E-state index contributed by atoms with van der Waals surface area (Å²) in [6, 6.07) is 18.0. The summed E-state index contributed by atoms with van der Waals surface area (Å²) in [6.07, 6.45) is 2.67. The van der Waals surface area contributed by atoms with E-state index in [9.17, 15) is 4.79 Å². The smallest absolute Gasteiger partial charge is 0.254 e. The molecule has 1 atom stereocenters. The number of nitrogens with zero attached hydrogens (tertiary/aromatic N) is 3. The number of anilines is 1. The Kier molecular flexibility index (Phi) is 5.93. The number of aryl methyl sites for hydroxylation is 1. The molecule has 4 rings (SSSR count). The van der Waals surface area contributed by atoms with Crippen LogP contribution in [0.1, 0.15) is 39.8 Å². The van der Waals surface area contributed by atoms with E-state index in [1.165, 1.54) is 5.69 Å². The molecule has 0 radical (unpaired) electrons. The summed E-state index contributed by atoms with van der Waals surface area (Å²) in [5.74, 6) is 1.69. The van der Waals surface area contributed by atoms with Crippen LogP contribution >= 0.6 is 0 Å². The van der Waals surface area contributed by atoms with Gasteiger partial charge in [0, 0.05) is 37.4 Å². The van der Waals surface area contributed by atoms with E-state index < -0.39 is 0 Å². The van der Waals surface area contributed by atoms with Crippen LogP contribution in [-0.2, 0) is 6.54 Å². The highest BCUT2D eigenvalue weighted by Crippen LogP contribution is 2.29. The molecule has 1 N–H and O–H groups in total. The molecule has 6 nitrogen and oxygen atoms in total. The van der Waals surface area contributed by atoms with E-state index in [1.807, 2.05) is 37.3 Å². The van der Waals surface area contributed by atoms with Gasteiger partial charge in [0.2, 0.25) is 0 Å². The second-order valence-electron chi connectivity index (χ2n) is 7.53. The third-order valence-electron chi connectivity index (χ3n) is 5.50. The first-order chi connectivity index (χ1) is 14.6. The van der Waals surface area contributed by atoms with E-state index in [4.69, 9.17) is 4.74 Å². The zero-order valence-corrected chi connectivity index (χ0v) is 17.3. The van der Waals surface area contributed by atoms with Crippen molar-refractivity contribution in [3.63, 3.8) is 0 Å². The number of hydrogen-bond acceptors (Lipinski definition) is 5. The standard InChI is InChI=1S/C24H26N4O2/c1-17-22(24(29)26-14-18-7-6-10-21(13-18)30-2)15-25-23(27-17)19-11-12-28(16-19)20-8-4-3-5-9-20/h3-10,13,15,19H,11-12,14,16H2,1-2H3,(H,26,29)/t19-/m0/s1. The summed E-state index contributed by atoms with van der Waals surface area (Å²) in [5.41, 5.74) is 3.43. The number of nitrogens with one attached hydrogen (secondary N) is 1. The molecular weight excluding hydrogens is 376 g/mol. The van der Waals surface area contributed by atoms with E-state index in [-0.39, 0.29) is 11.8 Å². The lowest BCUT2D eigenvalue weighted by molar-refractivity contribution is 0.0949. The van der Waals surface area contributed by atoms with Gasteiger partial charge in [0.25, 0.3) is 5.91 Å². The number of benzene rings is 2. The highest BCUT2D eigenvalue weighted by molar-refractivity contribution is 5.94. The summed E-state index contributed by atoms with van der Waals surface area (Å²) in [5, 5.41) is 2.94. The normalized spacial score (nSPS) is 15.8. The summed E-state index contributed by atoms with van der Waals surface area (Å²) >= 11 is 0. The molecule has 1 aromatic heterocycles. The third kappa shape index (κ3) is 4.43. The largest absolute Gasteiger partial charge is 0.497 e. The Morgan fingerprint density at radius 3 is 2.80 bits per heavy atom. The lowest BCUT2D eigenvalue weighted by atomic mass is 10.1. The minimum atomic E-state index is -0.167. The van der Waals surface area contributed by atoms with Crippen molar-refractivity contribution in [1.29, 1.82) is 0 Å². The fraction of sp³-hybridized carbons (Fsp3) is 0.292. The first kappa shape index (κ1) is 19.9. The molecule has 2 aromatic carbocycles. The minimum Gasteiger partial charge on any atom is -0.497 e. The molecule has 0 aliphatic carbocycles. The number of aromatic nitrogens is 2. The van der Waals surface area contributed by atoms with Crippen LogP contribution in [0.3, 0.4) is 0 Å². The molecular formula is C24H26N4O2. The predicted octanol–water partition coefficient (Wildman–Crippen LogP) is 3.72. The molecule has 30 heavy (non-hydrogen) atoms. The van der Waals surface area contributed by atoms with Gasteiger partial charge in [0.05, 0.1) is 18.4 Å². The van der Waals surface area contributed by atoms with Crippen LogP contribution in [0.15, 0.2) is 60.8 Å². The molecule has 3 aromatic rings. The Morgan fingerprint density at radius 2 is 2.03 bits per heavy atom. The second-order valence-corrected chi connectivity index (χ2v) is 7.53. The van der Waals surface area contributed by atoms with Gasteiger partial charge < -0.3 is 15.0 Å². The molecule has 2 heterocycles. The maximum absolute atomic E-state index is 12.6. The Balaban J connectivity index is 1.40. The zero-order chi connectivity index (χ0) is 20.9. The maximum Gasteiger partial charge on any atom is 0.254 e. The Morgan fingerprint density at radius 1 is 1.20 bits per heavy atom. The lowest BCUT2D eigenvalue weighted by Gasteiger charge is -2.18. The number of amides is 1. The predicted molar refractivity (Wildman–Crippen MR) is 117 cm³/mol. The fourth-order valence-corrected chi connectivity index (χ4v) is 3.81. The van der Waals surface area contributed by atoms with E-state index in [0.717, 1.165) is 36.6 Å². The van der Waals surface area contributed by atoms with Gasteiger partial charge >= 0.3 is 0 Å². The number of para-hydroxylation sites is 1. The van der Waals surface area contributed by atoms with Crippen molar-refractivity contribution in [2.75, 3.05) is 25.1 Å². The first-order valence-corrected chi connectivity index (χ1v) is 10.2. The van der Waals surface area contributed by atoms with Gasteiger partial charge in [-0.3, -0.25) is 4.79 Å². The van der Waals surface area contributed by atoms with E-state index in [1.54, 1.807) is 13.3 Å². The van der Waals surface area contributed by atoms with Crippen LogP contribution < -0.4 is 15.0 Å². The van der Waals surface area contributed by atoms with Crippen LogP contribution in [0, 0.1) is 6.92 Å². The number of rotatable bonds is 6. The van der Waals surface area contributed by atoms with Crippen molar-refractivity contribution in [2.24, 2.45) is 0 Å². The van der Waals surface area contributed by atoms with Crippen LogP contribution in [-0.4, -0.2) is 36.1 Å². The molecule has 1 fully saturated rings. The van der Waals surface area contributed by atoms with Gasteiger partial charge in [-0.1, -0.05) is 30.3 Å². The molecule has 154 valence electrons. The summed E-state index contributed by atoms with van der Waals surface area (Å²) < 4.78 is 5.23. The first-order valence-electron chi connectivity index (χ1n) is 10.2. The molecule has 0 bridgehead atoms. The van der Waals surface area contributed by atoms with Gasteiger partial charge in [-0.25, -0.2) is 9.97 Å². The lowest BCUT2D eigenvalue weighted by Crippen LogP contribution is -2.25. The molecule has 0 unspecified atom stereocenters. The summed E-state index contributed by atoms with van der Waals surface area (Å²) in [7, 11) is 1.63. The maximum atomic E-state index is 12.6. The fourth-order valence-electron chi connectivity index (χ4n) is 3.81. The van der Waals surface area contributed by atoms with E-state index in [2.05, 4.69) is 44.5 Å². The molecule has 1 aliphatic rings. The van der Waals surface area contributed by atoms with Crippen LogP contribution in [0.25, 0.3) is 0 Å². The van der Waals surface area contributed by atoms with Crippen LogP contribution in [0.2, 0.25) is 0 Å². The van der Waals surface area contributed by atoms with Crippen molar-refractivity contribution in [3.05, 3.63) is 83.4 Å². The monoisotopic (exact) mass is 402 g/mol. The molecule has 0 saturated carbocycles. The van der Waals surface area contributed by atoms with Crippen LogP contribution in [0.5, 0.6) is 5.75 Å². The van der Waals surface area contributed by atoms with Gasteiger partial charge in [0.1, 0.15) is 11.6 Å². The average molecular weight is 402 g/mol. The van der Waals surface area contributed by atoms with E-state index >= 15 is 0 Å². The van der Waals surface area contributed by atoms with Crippen LogP contribution in [0.4, 0.5) is 5.69 Å². The number of methoxy groups -OCH3 is 1.